The van der Waals surface area contributed by atoms with Gasteiger partial charge in [-0.3, -0.25) is 4.79 Å². The minimum absolute atomic E-state index is 0.149. The Balaban J connectivity index is 2.21. The summed E-state index contributed by atoms with van der Waals surface area (Å²) in [6, 6.07) is 8.89. The monoisotopic (exact) mass is 258 g/mol. The number of aryl methyl sites for hydroxylation is 1. The second-order valence-electron chi connectivity index (χ2n) is 4.85. The summed E-state index contributed by atoms with van der Waals surface area (Å²) in [5.41, 5.74) is 2.04. The SMILES string of the molecule is Cc1cc(NC(=O)c2cccn2C(C)C)ccc1O. The molecule has 1 amide bonds. The summed E-state index contributed by atoms with van der Waals surface area (Å²) < 4.78 is 1.92. The lowest BCUT2D eigenvalue weighted by Gasteiger charge is -2.13. The van der Waals surface area contributed by atoms with Crippen LogP contribution in [0.15, 0.2) is 36.5 Å². The lowest BCUT2D eigenvalue weighted by molar-refractivity contribution is 0.101. The van der Waals surface area contributed by atoms with E-state index in [1.165, 1.54) is 0 Å². The van der Waals surface area contributed by atoms with Crippen LogP contribution in [0.3, 0.4) is 0 Å². The first-order valence-corrected chi connectivity index (χ1v) is 6.27. The van der Waals surface area contributed by atoms with Gasteiger partial charge in [-0.2, -0.15) is 0 Å². The molecule has 0 saturated heterocycles. The maximum Gasteiger partial charge on any atom is 0.272 e. The van der Waals surface area contributed by atoms with Crippen molar-refractivity contribution in [3.05, 3.63) is 47.8 Å². The van der Waals surface area contributed by atoms with Gasteiger partial charge in [0.1, 0.15) is 11.4 Å². The van der Waals surface area contributed by atoms with E-state index in [1.807, 2.05) is 30.7 Å². The highest BCUT2D eigenvalue weighted by Gasteiger charge is 2.13. The highest BCUT2D eigenvalue weighted by molar-refractivity contribution is 6.03. The number of nitrogens with one attached hydrogen (secondary N) is 1. The first-order chi connectivity index (χ1) is 8.99. The summed E-state index contributed by atoms with van der Waals surface area (Å²) in [6.45, 7) is 5.85. The van der Waals surface area contributed by atoms with Crippen LogP contribution >= 0.6 is 0 Å². The molecule has 4 heteroatoms. The number of rotatable bonds is 3. The lowest BCUT2D eigenvalue weighted by Crippen LogP contribution is -2.17. The van der Waals surface area contributed by atoms with Crippen LogP contribution < -0.4 is 5.32 Å². The fourth-order valence-corrected chi connectivity index (χ4v) is 1.96. The molecule has 2 rings (SSSR count). The molecule has 1 aromatic heterocycles. The number of aromatic hydroxyl groups is 1. The Morgan fingerprint density at radius 2 is 2.05 bits per heavy atom. The molecule has 2 aromatic rings. The minimum Gasteiger partial charge on any atom is -0.508 e. The zero-order chi connectivity index (χ0) is 14.0. The highest BCUT2D eigenvalue weighted by atomic mass is 16.3. The maximum atomic E-state index is 12.2. The van der Waals surface area contributed by atoms with Gasteiger partial charge in [0.05, 0.1) is 0 Å². The number of anilines is 1. The molecule has 1 aromatic carbocycles. The molecular weight excluding hydrogens is 240 g/mol. The minimum atomic E-state index is -0.149. The van der Waals surface area contributed by atoms with Crippen molar-refractivity contribution >= 4 is 11.6 Å². The number of phenols is 1. The van der Waals surface area contributed by atoms with Gasteiger partial charge in [-0.15, -0.1) is 0 Å². The van der Waals surface area contributed by atoms with Gasteiger partial charge in [-0.1, -0.05) is 0 Å². The number of phenolic OH excluding ortho intramolecular Hbond substituents is 1. The highest BCUT2D eigenvalue weighted by Crippen LogP contribution is 2.21. The first kappa shape index (κ1) is 13.2. The smallest absolute Gasteiger partial charge is 0.272 e. The van der Waals surface area contributed by atoms with Crippen molar-refractivity contribution in [1.82, 2.24) is 4.57 Å². The van der Waals surface area contributed by atoms with Crippen LogP contribution in [-0.2, 0) is 0 Å². The van der Waals surface area contributed by atoms with Crippen LogP contribution in [0, 0.1) is 6.92 Å². The molecule has 0 fully saturated rings. The molecule has 2 N–H and O–H groups in total. The first-order valence-electron chi connectivity index (χ1n) is 6.27. The lowest BCUT2D eigenvalue weighted by atomic mass is 10.2. The number of benzene rings is 1. The van der Waals surface area contributed by atoms with E-state index in [0.29, 0.717) is 11.4 Å². The van der Waals surface area contributed by atoms with E-state index < -0.39 is 0 Å². The third kappa shape index (κ3) is 2.78. The molecule has 0 spiro atoms. The van der Waals surface area contributed by atoms with Gasteiger partial charge in [0.15, 0.2) is 0 Å². The van der Waals surface area contributed by atoms with Gasteiger partial charge in [-0.25, -0.2) is 0 Å². The second kappa shape index (κ2) is 5.18. The zero-order valence-electron chi connectivity index (χ0n) is 11.3. The zero-order valence-corrected chi connectivity index (χ0v) is 11.3. The summed E-state index contributed by atoms with van der Waals surface area (Å²) in [7, 11) is 0. The van der Waals surface area contributed by atoms with E-state index in [4.69, 9.17) is 0 Å². The predicted octanol–water partition coefficient (Wildman–Crippen LogP) is 3.34. The van der Waals surface area contributed by atoms with Gasteiger partial charge in [-0.05, 0) is 56.7 Å². The largest absolute Gasteiger partial charge is 0.508 e. The third-order valence-corrected chi connectivity index (χ3v) is 3.02. The molecule has 19 heavy (non-hydrogen) atoms. The van der Waals surface area contributed by atoms with Crippen LogP contribution in [0.4, 0.5) is 5.69 Å². The Morgan fingerprint density at radius 1 is 1.32 bits per heavy atom. The number of aromatic nitrogens is 1. The molecular formula is C15H18N2O2. The Morgan fingerprint density at radius 3 is 2.68 bits per heavy atom. The maximum absolute atomic E-state index is 12.2. The summed E-state index contributed by atoms with van der Waals surface area (Å²) in [6.07, 6.45) is 1.89. The Bertz CT molecular complexity index is 600. The van der Waals surface area contributed by atoms with E-state index in [-0.39, 0.29) is 17.7 Å². The van der Waals surface area contributed by atoms with Crippen molar-refractivity contribution < 1.29 is 9.90 Å². The average molecular weight is 258 g/mol. The summed E-state index contributed by atoms with van der Waals surface area (Å²) in [4.78, 5) is 12.2. The van der Waals surface area contributed by atoms with Crippen molar-refractivity contribution in [2.45, 2.75) is 26.8 Å². The van der Waals surface area contributed by atoms with Crippen molar-refractivity contribution in [2.75, 3.05) is 5.32 Å². The Labute approximate surface area is 112 Å². The quantitative estimate of drug-likeness (QED) is 0.830. The van der Waals surface area contributed by atoms with Crippen molar-refractivity contribution in [1.29, 1.82) is 0 Å². The summed E-state index contributed by atoms with van der Waals surface area (Å²) in [5, 5.41) is 12.3. The molecule has 4 nitrogen and oxygen atoms in total. The number of carbonyl (C=O) groups excluding carboxylic acids is 1. The molecule has 0 saturated carbocycles. The normalized spacial score (nSPS) is 10.7. The number of hydrogen-bond acceptors (Lipinski definition) is 2. The number of nitrogens with zero attached hydrogens (tertiary/aromatic N) is 1. The molecule has 0 atom stereocenters. The Hall–Kier alpha value is -2.23. The van der Waals surface area contributed by atoms with Crippen LogP contribution in [0.5, 0.6) is 5.75 Å². The fraction of sp³-hybridized carbons (Fsp3) is 0.267. The van der Waals surface area contributed by atoms with Crippen LogP contribution in [0.2, 0.25) is 0 Å². The molecule has 0 bridgehead atoms. The van der Waals surface area contributed by atoms with E-state index in [1.54, 1.807) is 31.2 Å². The molecule has 0 aliphatic rings. The van der Waals surface area contributed by atoms with Gasteiger partial charge in [0, 0.05) is 17.9 Å². The number of carbonyl (C=O) groups is 1. The predicted molar refractivity (Wildman–Crippen MR) is 75.6 cm³/mol. The second-order valence-corrected chi connectivity index (χ2v) is 4.85. The molecule has 0 radical (unpaired) electrons. The average Bonchev–Trinajstić information content (AvgIpc) is 2.83. The standard InChI is InChI=1S/C15H18N2O2/c1-10(2)17-8-4-5-13(17)15(19)16-12-6-7-14(18)11(3)9-12/h4-10,18H,1-3H3,(H,16,19). The van der Waals surface area contributed by atoms with E-state index in [9.17, 15) is 9.90 Å². The third-order valence-electron chi connectivity index (χ3n) is 3.02. The van der Waals surface area contributed by atoms with Crippen LogP contribution in [-0.4, -0.2) is 15.6 Å². The van der Waals surface area contributed by atoms with Crippen molar-refractivity contribution in [3.8, 4) is 5.75 Å². The van der Waals surface area contributed by atoms with Crippen molar-refractivity contribution in [3.63, 3.8) is 0 Å². The summed E-state index contributed by atoms with van der Waals surface area (Å²) >= 11 is 0. The molecule has 0 aliphatic carbocycles. The van der Waals surface area contributed by atoms with Crippen LogP contribution in [0.25, 0.3) is 0 Å². The van der Waals surface area contributed by atoms with Gasteiger partial charge in [0.25, 0.3) is 5.91 Å². The summed E-state index contributed by atoms with van der Waals surface area (Å²) in [5.74, 6) is 0.0762. The van der Waals surface area contributed by atoms with Crippen LogP contribution in [0.1, 0.15) is 35.9 Å². The van der Waals surface area contributed by atoms with E-state index >= 15 is 0 Å². The van der Waals surface area contributed by atoms with Gasteiger partial charge < -0.3 is 15.0 Å². The van der Waals surface area contributed by atoms with E-state index in [2.05, 4.69) is 5.32 Å². The van der Waals surface area contributed by atoms with Crippen molar-refractivity contribution in [2.24, 2.45) is 0 Å². The van der Waals surface area contributed by atoms with Gasteiger partial charge >= 0.3 is 0 Å². The van der Waals surface area contributed by atoms with E-state index in [0.717, 1.165) is 5.56 Å². The number of amides is 1. The molecule has 1 heterocycles. The Kier molecular flexibility index (Phi) is 3.60. The molecule has 0 unspecified atom stereocenters. The fourth-order valence-electron chi connectivity index (χ4n) is 1.96. The van der Waals surface area contributed by atoms with Gasteiger partial charge in [0.2, 0.25) is 0 Å². The molecule has 100 valence electrons. The number of hydrogen-bond donors (Lipinski definition) is 2. The topological polar surface area (TPSA) is 54.3 Å². The molecule has 0 aliphatic heterocycles.